The van der Waals surface area contributed by atoms with Gasteiger partial charge in [0.15, 0.2) is 5.82 Å². The van der Waals surface area contributed by atoms with Crippen molar-refractivity contribution in [2.24, 2.45) is 0 Å². The van der Waals surface area contributed by atoms with Gasteiger partial charge in [-0.25, -0.2) is 9.97 Å². The van der Waals surface area contributed by atoms with Gasteiger partial charge in [0, 0.05) is 61.3 Å². The largest absolute Gasteiger partial charge is 0.294 e. The predicted molar refractivity (Wildman–Crippen MR) is 107 cm³/mol. The molecule has 4 aromatic rings. The number of pyridine rings is 1. The predicted octanol–water partition coefficient (Wildman–Crippen LogP) is 3.49. The Labute approximate surface area is 163 Å². The second-order valence-corrected chi connectivity index (χ2v) is 7.00. The Kier molecular flexibility index (Phi) is 4.39. The Bertz CT molecular complexity index is 1070. The van der Waals surface area contributed by atoms with Crippen LogP contribution in [0.2, 0.25) is 0 Å². The molecule has 1 aromatic carbocycles. The second-order valence-electron chi connectivity index (χ2n) is 7.00. The fourth-order valence-corrected chi connectivity index (χ4v) is 3.67. The van der Waals surface area contributed by atoms with Gasteiger partial charge in [0.1, 0.15) is 0 Å². The van der Waals surface area contributed by atoms with E-state index in [0.29, 0.717) is 0 Å². The molecule has 1 N–H and O–H groups in total. The average molecular weight is 368 g/mol. The first-order valence-electron chi connectivity index (χ1n) is 9.42. The van der Waals surface area contributed by atoms with Crippen molar-refractivity contribution in [3.8, 4) is 22.6 Å². The van der Waals surface area contributed by atoms with E-state index < -0.39 is 0 Å². The molecule has 6 nitrogen and oxygen atoms in total. The number of aromatic amines is 1. The van der Waals surface area contributed by atoms with E-state index in [2.05, 4.69) is 37.2 Å². The SMILES string of the molecule is c1ccc(-c2[nH]ncc2CN2CCc3nc(-c4cccnc4)ncc3C2)cc1. The third-order valence-corrected chi connectivity index (χ3v) is 5.11. The molecule has 0 saturated heterocycles. The lowest BCUT2D eigenvalue weighted by atomic mass is 10.0. The molecule has 0 radical (unpaired) electrons. The summed E-state index contributed by atoms with van der Waals surface area (Å²) in [6.07, 6.45) is 8.38. The van der Waals surface area contributed by atoms with Crippen molar-refractivity contribution in [2.75, 3.05) is 6.54 Å². The van der Waals surface area contributed by atoms with E-state index in [4.69, 9.17) is 4.98 Å². The maximum Gasteiger partial charge on any atom is 0.160 e. The Balaban J connectivity index is 1.34. The number of hydrogen-bond acceptors (Lipinski definition) is 5. The highest BCUT2D eigenvalue weighted by atomic mass is 15.2. The van der Waals surface area contributed by atoms with Crippen molar-refractivity contribution >= 4 is 0 Å². The minimum Gasteiger partial charge on any atom is -0.294 e. The molecule has 138 valence electrons. The molecule has 1 aliphatic rings. The summed E-state index contributed by atoms with van der Waals surface area (Å²) < 4.78 is 0. The first-order chi connectivity index (χ1) is 13.9. The molecule has 0 amide bonds. The Hall–Kier alpha value is -3.38. The highest BCUT2D eigenvalue weighted by molar-refractivity contribution is 5.62. The van der Waals surface area contributed by atoms with Gasteiger partial charge in [-0.1, -0.05) is 30.3 Å². The van der Waals surface area contributed by atoms with E-state index in [1.807, 2.05) is 42.7 Å². The summed E-state index contributed by atoms with van der Waals surface area (Å²) >= 11 is 0. The molecule has 0 aliphatic carbocycles. The van der Waals surface area contributed by atoms with Crippen molar-refractivity contribution in [2.45, 2.75) is 19.5 Å². The van der Waals surface area contributed by atoms with E-state index in [1.165, 1.54) is 11.1 Å². The number of aromatic nitrogens is 5. The molecule has 0 fully saturated rings. The fraction of sp³-hybridized carbons (Fsp3) is 0.182. The molecule has 3 aromatic heterocycles. The monoisotopic (exact) mass is 368 g/mol. The van der Waals surface area contributed by atoms with Crippen LogP contribution in [0.1, 0.15) is 16.8 Å². The molecule has 28 heavy (non-hydrogen) atoms. The third-order valence-electron chi connectivity index (χ3n) is 5.11. The zero-order chi connectivity index (χ0) is 18.8. The lowest BCUT2D eigenvalue weighted by Gasteiger charge is -2.28. The van der Waals surface area contributed by atoms with E-state index in [1.54, 1.807) is 12.4 Å². The third kappa shape index (κ3) is 3.30. The van der Waals surface area contributed by atoms with Gasteiger partial charge in [-0.2, -0.15) is 5.10 Å². The summed E-state index contributed by atoms with van der Waals surface area (Å²) in [4.78, 5) is 15.9. The van der Waals surface area contributed by atoms with Gasteiger partial charge in [0.05, 0.1) is 17.6 Å². The number of fused-ring (bicyclic) bond motifs is 1. The van der Waals surface area contributed by atoms with Gasteiger partial charge >= 0.3 is 0 Å². The van der Waals surface area contributed by atoms with Crippen LogP contribution in [0.25, 0.3) is 22.6 Å². The molecule has 0 spiro atoms. The van der Waals surface area contributed by atoms with Crippen LogP contribution in [0.3, 0.4) is 0 Å². The Morgan fingerprint density at radius 1 is 0.964 bits per heavy atom. The van der Waals surface area contributed by atoms with Crippen LogP contribution in [-0.2, 0) is 19.5 Å². The van der Waals surface area contributed by atoms with Crippen LogP contribution in [-0.4, -0.2) is 36.6 Å². The molecule has 0 saturated carbocycles. The molecular formula is C22H20N6. The molecular weight excluding hydrogens is 348 g/mol. The van der Waals surface area contributed by atoms with Crippen molar-refractivity contribution in [3.63, 3.8) is 0 Å². The highest BCUT2D eigenvalue weighted by Gasteiger charge is 2.20. The summed E-state index contributed by atoms with van der Waals surface area (Å²) in [5.41, 5.74) is 6.76. The van der Waals surface area contributed by atoms with Crippen LogP contribution < -0.4 is 0 Å². The van der Waals surface area contributed by atoms with Crippen LogP contribution in [0.5, 0.6) is 0 Å². The molecule has 6 heteroatoms. The lowest BCUT2D eigenvalue weighted by molar-refractivity contribution is 0.243. The summed E-state index contributed by atoms with van der Waals surface area (Å²) in [5.74, 6) is 0.751. The van der Waals surface area contributed by atoms with Crippen molar-refractivity contribution in [1.29, 1.82) is 0 Å². The number of nitrogens with zero attached hydrogens (tertiary/aromatic N) is 5. The Morgan fingerprint density at radius 3 is 2.71 bits per heavy atom. The van der Waals surface area contributed by atoms with Gasteiger partial charge in [0.25, 0.3) is 0 Å². The maximum absolute atomic E-state index is 4.78. The normalized spacial score (nSPS) is 14.0. The number of hydrogen-bond donors (Lipinski definition) is 1. The van der Waals surface area contributed by atoms with Crippen LogP contribution in [0.15, 0.2) is 67.3 Å². The van der Waals surface area contributed by atoms with Crippen molar-refractivity contribution in [1.82, 2.24) is 30.0 Å². The maximum atomic E-state index is 4.78. The first-order valence-corrected chi connectivity index (χ1v) is 9.42. The average Bonchev–Trinajstić information content (AvgIpc) is 3.23. The zero-order valence-electron chi connectivity index (χ0n) is 15.4. The summed E-state index contributed by atoms with van der Waals surface area (Å²) in [7, 11) is 0. The second kappa shape index (κ2) is 7.32. The number of nitrogens with one attached hydrogen (secondary N) is 1. The van der Waals surface area contributed by atoms with E-state index in [9.17, 15) is 0 Å². The minimum atomic E-state index is 0.751. The van der Waals surface area contributed by atoms with Crippen LogP contribution in [0, 0.1) is 0 Å². The molecule has 5 rings (SSSR count). The summed E-state index contributed by atoms with van der Waals surface area (Å²) in [6, 6.07) is 14.2. The standard InChI is InChI=1S/C22H20N6/c1-2-5-16(6-3-1)21-19(13-25-27-21)15-28-10-8-20-18(14-28)12-24-22(26-20)17-7-4-9-23-11-17/h1-7,9,11-13H,8,10,14-15H2,(H,25,27). The smallest absolute Gasteiger partial charge is 0.160 e. The highest BCUT2D eigenvalue weighted by Crippen LogP contribution is 2.25. The summed E-state index contributed by atoms with van der Waals surface area (Å²) in [6.45, 7) is 2.67. The van der Waals surface area contributed by atoms with Gasteiger partial charge in [-0.3, -0.25) is 15.0 Å². The molecule has 1 aliphatic heterocycles. The van der Waals surface area contributed by atoms with E-state index >= 15 is 0 Å². The zero-order valence-corrected chi connectivity index (χ0v) is 15.4. The summed E-state index contributed by atoms with van der Waals surface area (Å²) in [5, 5.41) is 7.42. The van der Waals surface area contributed by atoms with Crippen LogP contribution in [0.4, 0.5) is 0 Å². The number of benzene rings is 1. The van der Waals surface area contributed by atoms with E-state index in [-0.39, 0.29) is 0 Å². The lowest BCUT2D eigenvalue weighted by Crippen LogP contribution is -2.31. The van der Waals surface area contributed by atoms with Gasteiger partial charge in [0.2, 0.25) is 0 Å². The number of rotatable bonds is 4. The van der Waals surface area contributed by atoms with Gasteiger partial charge < -0.3 is 0 Å². The van der Waals surface area contributed by atoms with Gasteiger partial charge in [-0.05, 0) is 17.7 Å². The minimum absolute atomic E-state index is 0.751. The fourth-order valence-electron chi connectivity index (χ4n) is 3.67. The van der Waals surface area contributed by atoms with Crippen molar-refractivity contribution < 1.29 is 0 Å². The molecule has 0 unspecified atom stereocenters. The molecule has 4 heterocycles. The number of H-pyrrole nitrogens is 1. The van der Waals surface area contributed by atoms with Crippen LogP contribution >= 0.6 is 0 Å². The van der Waals surface area contributed by atoms with E-state index in [0.717, 1.165) is 54.4 Å². The Morgan fingerprint density at radius 2 is 1.86 bits per heavy atom. The molecule has 0 bridgehead atoms. The molecule has 0 atom stereocenters. The van der Waals surface area contributed by atoms with Gasteiger partial charge in [-0.15, -0.1) is 0 Å². The topological polar surface area (TPSA) is 70.6 Å². The first kappa shape index (κ1) is 16.8. The quantitative estimate of drug-likeness (QED) is 0.597. The van der Waals surface area contributed by atoms with Crippen molar-refractivity contribution in [3.05, 3.63) is 84.1 Å².